The quantitative estimate of drug-likeness (QED) is 0.886. The number of aromatic nitrogens is 2. The fourth-order valence-corrected chi connectivity index (χ4v) is 2.50. The number of anilines is 1. The van der Waals surface area contributed by atoms with Crippen LogP contribution in [0, 0.1) is 0 Å². The van der Waals surface area contributed by atoms with E-state index in [0.717, 1.165) is 32.2 Å². The molecule has 5 heteroatoms. The molecule has 98 valence electrons. The molecule has 5 nitrogen and oxygen atoms in total. The number of hydrogen-bond donors (Lipinski definition) is 1. The number of carbonyl (C=O) groups is 1. The summed E-state index contributed by atoms with van der Waals surface area (Å²) in [4.78, 5) is 22.3. The lowest BCUT2D eigenvalue weighted by Gasteiger charge is -2.35. The van der Waals surface area contributed by atoms with Gasteiger partial charge in [-0.25, -0.2) is 9.97 Å². The minimum atomic E-state index is -0.0133. The van der Waals surface area contributed by atoms with Gasteiger partial charge in [-0.2, -0.15) is 0 Å². The van der Waals surface area contributed by atoms with Crippen molar-refractivity contribution < 1.29 is 4.79 Å². The normalized spacial score (nSPS) is 19.8. The highest BCUT2D eigenvalue weighted by Crippen LogP contribution is 2.22. The lowest BCUT2D eigenvalue weighted by Crippen LogP contribution is -2.44. The molecule has 0 bridgehead atoms. The van der Waals surface area contributed by atoms with Crippen LogP contribution in [0.1, 0.15) is 49.5 Å². The van der Waals surface area contributed by atoms with Gasteiger partial charge in [-0.1, -0.05) is 13.3 Å². The Kier molecular flexibility index (Phi) is 4.12. The zero-order valence-electron chi connectivity index (χ0n) is 10.8. The monoisotopic (exact) mass is 248 g/mol. The van der Waals surface area contributed by atoms with Crippen LogP contribution in [0.5, 0.6) is 0 Å². The van der Waals surface area contributed by atoms with Gasteiger partial charge >= 0.3 is 0 Å². The molecule has 0 saturated carbocycles. The maximum atomic E-state index is 12.4. The van der Waals surface area contributed by atoms with Crippen molar-refractivity contribution in [1.29, 1.82) is 0 Å². The van der Waals surface area contributed by atoms with Crippen LogP contribution in [0.25, 0.3) is 0 Å². The molecule has 18 heavy (non-hydrogen) atoms. The molecule has 1 atom stereocenters. The Morgan fingerprint density at radius 3 is 2.94 bits per heavy atom. The van der Waals surface area contributed by atoms with E-state index in [1.54, 1.807) is 0 Å². The van der Waals surface area contributed by atoms with Gasteiger partial charge < -0.3 is 10.6 Å². The van der Waals surface area contributed by atoms with E-state index in [-0.39, 0.29) is 5.91 Å². The molecule has 0 aromatic carbocycles. The summed E-state index contributed by atoms with van der Waals surface area (Å²) in [6.07, 6.45) is 8.45. The first-order valence-electron chi connectivity index (χ1n) is 6.61. The number of nitrogen functional groups attached to an aromatic ring is 1. The number of nitrogens with zero attached hydrogens (tertiary/aromatic N) is 3. The third-order valence-corrected chi connectivity index (χ3v) is 3.40. The third-order valence-electron chi connectivity index (χ3n) is 3.40. The summed E-state index contributed by atoms with van der Waals surface area (Å²) in [6.45, 7) is 2.98. The Morgan fingerprint density at radius 1 is 1.44 bits per heavy atom. The molecule has 2 heterocycles. The average molecular weight is 248 g/mol. The van der Waals surface area contributed by atoms with E-state index in [9.17, 15) is 4.79 Å². The van der Waals surface area contributed by atoms with E-state index in [1.165, 1.54) is 18.8 Å². The standard InChI is InChI=1S/C13H20N4O/c1-2-5-10-6-3-4-7-17(10)13(18)11-8-16-12(14)9-15-11/h8-10H,2-7H2,1H3,(H2,14,16). The third kappa shape index (κ3) is 2.78. The summed E-state index contributed by atoms with van der Waals surface area (Å²) in [5.41, 5.74) is 5.88. The number of carbonyl (C=O) groups excluding carboxylic acids is 1. The van der Waals surface area contributed by atoms with Gasteiger partial charge in [0.05, 0.1) is 12.4 Å². The first kappa shape index (κ1) is 12.8. The lowest BCUT2D eigenvalue weighted by atomic mass is 9.98. The zero-order chi connectivity index (χ0) is 13.0. The second-order valence-corrected chi connectivity index (χ2v) is 4.76. The van der Waals surface area contributed by atoms with Crippen LogP contribution >= 0.6 is 0 Å². The lowest BCUT2D eigenvalue weighted by molar-refractivity contribution is 0.0594. The molecule has 0 spiro atoms. The van der Waals surface area contributed by atoms with Crippen LogP contribution in [0.4, 0.5) is 5.82 Å². The summed E-state index contributed by atoms with van der Waals surface area (Å²) in [7, 11) is 0. The van der Waals surface area contributed by atoms with E-state index < -0.39 is 0 Å². The van der Waals surface area contributed by atoms with Crippen LogP contribution in [0.2, 0.25) is 0 Å². The molecular weight excluding hydrogens is 228 g/mol. The fourth-order valence-electron chi connectivity index (χ4n) is 2.50. The van der Waals surface area contributed by atoms with Gasteiger partial charge in [-0.15, -0.1) is 0 Å². The van der Waals surface area contributed by atoms with Crippen molar-refractivity contribution in [3.05, 3.63) is 18.1 Å². The minimum absolute atomic E-state index is 0.0133. The van der Waals surface area contributed by atoms with Gasteiger partial charge in [0.1, 0.15) is 11.5 Å². The minimum Gasteiger partial charge on any atom is -0.382 e. The summed E-state index contributed by atoms with van der Waals surface area (Å²) >= 11 is 0. The molecule has 0 aliphatic carbocycles. The molecule has 1 aliphatic heterocycles. The molecule has 1 aromatic rings. The van der Waals surface area contributed by atoms with Crippen LogP contribution in [0.3, 0.4) is 0 Å². The Morgan fingerprint density at radius 2 is 2.28 bits per heavy atom. The number of hydrogen-bond acceptors (Lipinski definition) is 4. The maximum Gasteiger partial charge on any atom is 0.274 e. The fraction of sp³-hybridized carbons (Fsp3) is 0.615. The molecule has 2 N–H and O–H groups in total. The van der Waals surface area contributed by atoms with Gasteiger partial charge in [0.25, 0.3) is 5.91 Å². The maximum absolute atomic E-state index is 12.4. The number of likely N-dealkylation sites (tertiary alicyclic amines) is 1. The predicted molar refractivity (Wildman–Crippen MR) is 70.0 cm³/mol. The van der Waals surface area contributed by atoms with E-state index in [0.29, 0.717) is 17.6 Å². The van der Waals surface area contributed by atoms with Crippen LogP contribution < -0.4 is 5.73 Å². The summed E-state index contributed by atoms with van der Waals surface area (Å²) in [5.74, 6) is 0.330. The molecule has 1 saturated heterocycles. The number of nitrogens with two attached hydrogens (primary N) is 1. The Hall–Kier alpha value is -1.65. The van der Waals surface area contributed by atoms with Gasteiger partial charge in [0, 0.05) is 12.6 Å². The summed E-state index contributed by atoms with van der Waals surface area (Å²) < 4.78 is 0. The molecule has 0 radical (unpaired) electrons. The van der Waals surface area contributed by atoms with Crippen molar-refractivity contribution in [3.63, 3.8) is 0 Å². The van der Waals surface area contributed by atoms with Crippen LogP contribution in [-0.2, 0) is 0 Å². The summed E-state index contributed by atoms with van der Waals surface area (Å²) in [5, 5.41) is 0. The molecule has 1 unspecified atom stereocenters. The smallest absolute Gasteiger partial charge is 0.274 e. The SMILES string of the molecule is CCCC1CCCCN1C(=O)c1cnc(N)cn1. The highest BCUT2D eigenvalue weighted by atomic mass is 16.2. The molecule has 1 aliphatic rings. The van der Waals surface area contributed by atoms with Gasteiger partial charge in [-0.3, -0.25) is 4.79 Å². The first-order chi connectivity index (χ1) is 8.72. The van der Waals surface area contributed by atoms with Gasteiger partial charge in [-0.05, 0) is 25.7 Å². The Labute approximate surface area is 107 Å². The highest BCUT2D eigenvalue weighted by Gasteiger charge is 2.27. The van der Waals surface area contributed by atoms with Crippen molar-refractivity contribution in [2.75, 3.05) is 12.3 Å². The molecule has 2 rings (SSSR count). The van der Waals surface area contributed by atoms with Crippen LogP contribution in [-0.4, -0.2) is 33.4 Å². The van der Waals surface area contributed by atoms with E-state index in [4.69, 9.17) is 5.73 Å². The van der Waals surface area contributed by atoms with Crippen molar-refractivity contribution in [2.24, 2.45) is 0 Å². The Bertz CT molecular complexity index is 402. The van der Waals surface area contributed by atoms with Gasteiger partial charge in [0.2, 0.25) is 0 Å². The zero-order valence-corrected chi connectivity index (χ0v) is 10.8. The van der Waals surface area contributed by atoms with Crippen molar-refractivity contribution >= 4 is 11.7 Å². The number of piperidine rings is 1. The first-order valence-corrected chi connectivity index (χ1v) is 6.61. The van der Waals surface area contributed by atoms with Crippen molar-refractivity contribution in [1.82, 2.24) is 14.9 Å². The molecular formula is C13H20N4O. The van der Waals surface area contributed by atoms with Crippen LogP contribution in [0.15, 0.2) is 12.4 Å². The number of amides is 1. The van der Waals surface area contributed by atoms with Crippen molar-refractivity contribution in [2.45, 2.75) is 45.1 Å². The predicted octanol–water partition coefficient (Wildman–Crippen LogP) is 1.85. The molecule has 1 aromatic heterocycles. The van der Waals surface area contributed by atoms with E-state index in [1.807, 2.05) is 4.90 Å². The second-order valence-electron chi connectivity index (χ2n) is 4.76. The molecule has 1 amide bonds. The van der Waals surface area contributed by atoms with Gasteiger partial charge in [0.15, 0.2) is 0 Å². The van der Waals surface area contributed by atoms with Crippen molar-refractivity contribution in [3.8, 4) is 0 Å². The summed E-state index contributed by atoms with van der Waals surface area (Å²) in [6, 6.07) is 0.357. The Balaban J connectivity index is 2.12. The number of rotatable bonds is 3. The average Bonchev–Trinajstić information content (AvgIpc) is 2.40. The van der Waals surface area contributed by atoms with E-state index in [2.05, 4.69) is 16.9 Å². The van der Waals surface area contributed by atoms with E-state index >= 15 is 0 Å². The molecule has 1 fully saturated rings. The second kappa shape index (κ2) is 5.80. The highest BCUT2D eigenvalue weighted by molar-refractivity contribution is 5.92. The topological polar surface area (TPSA) is 72.1 Å². The largest absolute Gasteiger partial charge is 0.382 e.